The van der Waals surface area contributed by atoms with Gasteiger partial charge in [0.05, 0.1) is 12.3 Å². The summed E-state index contributed by atoms with van der Waals surface area (Å²) in [7, 11) is 4.08. The highest BCUT2D eigenvalue weighted by molar-refractivity contribution is 5.47. The van der Waals surface area contributed by atoms with Gasteiger partial charge in [0.2, 0.25) is 0 Å². The number of hydrogen-bond acceptors (Lipinski definition) is 4. The van der Waals surface area contributed by atoms with Crippen molar-refractivity contribution in [3.63, 3.8) is 0 Å². The van der Waals surface area contributed by atoms with Crippen LogP contribution in [0.2, 0.25) is 0 Å². The van der Waals surface area contributed by atoms with Crippen LogP contribution in [0.5, 0.6) is 0 Å². The lowest BCUT2D eigenvalue weighted by Gasteiger charge is -2.24. The predicted molar refractivity (Wildman–Crippen MR) is 64.9 cm³/mol. The molecule has 0 unspecified atom stereocenters. The number of ether oxygens (including phenoxy) is 1. The van der Waals surface area contributed by atoms with Crippen molar-refractivity contribution in [1.29, 1.82) is 0 Å². The number of hydrogen-bond donors (Lipinski definition) is 1. The molecule has 0 bridgehead atoms. The zero-order chi connectivity index (χ0) is 11.5. The van der Waals surface area contributed by atoms with Gasteiger partial charge in [0.15, 0.2) is 0 Å². The molecule has 4 nitrogen and oxygen atoms in total. The minimum Gasteiger partial charge on any atom is -0.378 e. The lowest BCUT2D eigenvalue weighted by atomic mass is 10.1. The molecule has 1 aliphatic heterocycles. The molecule has 1 N–H and O–H groups in total. The van der Waals surface area contributed by atoms with Gasteiger partial charge in [0, 0.05) is 38.6 Å². The van der Waals surface area contributed by atoms with E-state index in [9.17, 15) is 0 Å². The third-order valence-corrected chi connectivity index (χ3v) is 2.73. The fraction of sp³-hybridized carbons (Fsp3) is 0.583. The van der Waals surface area contributed by atoms with Crippen LogP contribution in [0.25, 0.3) is 0 Å². The molecule has 16 heavy (non-hydrogen) atoms. The number of pyridine rings is 1. The Morgan fingerprint density at radius 1 is 1.44 bits per heavy atom. The molecular formula is C12H19N3O. The van der Waals surface area contributed by atoms with E-state index < -0.39 is 0 Å². The van der Waals surface area contributed by atoms with E-state index >= 15 is 0 Å². The smallest absolute Gasteiger partial charge is 0.112 e. The van der Waals surface area contributed by atoms with Gasteiger partial charge in [-0.3, -0.25) is 4.98 Å². The summed E-state index contributed by atoms with van der Waals surface area (Å²) in [4.78, 5) is 6.64. The number of aromatic nitrogens is 1. The maximum Gasteiger partial charge on any atom is 0.112 e. The van der Waals surface area contributed by atoms with E-state index in [1.807, 2.05) is 21.0 Å². The largest absolute Gasteiger partial charge is 0.378 e. The second-order valence-corrected chi connectivity index (χ2v) is 4.35. The molecular weight excluding hydrogens is 202 g/mol. The number of morpholine rings is 1. The van der Waals surface area contributed by atoms with E-state index in [0.717, 1.165) is 31.1 Å². The average Bonchev–Trinajstić information content (AvgIpc) is 2.29. The van der Waals surface area contributed by atoms with Gasteiger partial charge in [-0.25, -0.2) is 0 Å². The van der Waals surface area contributed by atoms with Crippen molar-refractivity contribution in [3.05, 3.63) is 23.5 Å². The van der Waals surface area contributed by atoms with Crippen LogP contribution in [0, 0.1) is 6.92 Å². The normalized spacial score (nSPS) is 20.8. The van der Waals surface area contributed by atoms with Crippen molar-refractivity contribution >= 4 is 5.69 Å². The van der Waals surface area contributed by atoms with E-state index in [1.165, 1.54) is 5.69 Å². The quantitative estimate of drug-likeness (QED) is 0.812. The minimum atomic E-state index is 0.0901. The molecule has 0 saturated carbocycles. The summed E-state index contributed by atoms with van der Waals surface area (Å²) in [5.74, 6) is 0. The molecule has 1 fully saturated rings. The summed E-state index contributed by atoms with van der Waals surface area (Å²) in [5.41, 5.74) is 3.24. The monoisotopic (exact) mass is 221 g/mol. The standard InChI is InChI=1S/C12H19N3O/c1-9-6-10(15(2)3)7-11(14-9)12-8-13-4-5-16-12/h6-7,12-13H,4-5,8H2,1-3H3/t12-/m1/s1. The Hall–Kier alpha value is -1.13. The Morgan fingerprint density at radius 3 is 2.88 bits per heavy atom. The Bertz CT molecular complexity index is 359. The summed E-state index contributed by atoms with van der Waals surface area (Å²) < 4.78 is 5.71. The maximum atomic E-state index is 5.71. The van der Waals surface area contributed by atoms with Gasteiger partial charge in [-0.2, -0.15) is 0 Å². The minimum absolute atomic E-state index is 0.0901. The van der Waals surface area contributed by atoms with E-state index in [0.29, 0.717) is 0 Å². The first kappa shape index (κ1) is 11.4. The van der Waals surface area contributed by atoms with Crippen LogP contribution in [-0.2, 0) is 4.74 Å². The lowest BCUT2D eigenvalue weighted by Crippen LogP contribution is -2.33. The lowest BCUT2D eigenvalue weighted by molar-refractivity contribution is 0.0250. The van der Waals surface area contributed by atoms with Crippen LogP contribution in [0.3, 0.4) is 0 Å². The third-order valence-electron chi connectivity index (χ3n) is 2.73. The molecule has 4 heteroatoms. The Morgan fingerprint density at radius 2 is 2.25 bits per heavy atom. The van der Waals surface area contributed by atoms with Crippen molar-refractivity contribution in [3.8, 4) is 0 Å². The van der Waals surface area contributed by atoms with Crippen LogP contribution in [0.4, 0.5) is 5.69 Å². The summed E-state index contributed by atoms with van der Waals surface area (Å²) >= 11 is 0. The molecule has 0 aromatic carbocycles. The average molecular weight is 221 g/mol. The molecule has 1 atom stereocenters. The molecule has 0 radical (unpaired) electrons. The molecule has 1 saturated heterocycles. The molecule has 1 aromatic rings. The van der Waals surface area contributed by atoms with Gasteiger partial charge >= 0.3 is 0 Å². The molecule has 2 rings (SSSR count). The van der Waals surface area contributed by atoms with Crippen LogP contribution in [0.15, 0.2) is 12.1 Å². The first-order valence-electron chi connectivity index (χ1n) is 5.65. The van der Waals surface area contributed by atoms with E-state index in [2.05, 4.69) is 27.3 Å². The SMILES string of the molecule is Cc1cc(N(C)C)cc([C@H]2CNCCO2)n1. The van der Waals surface area contributed by atoms with Gasteiger partial charge in [-0.05, 0) is 19.1 Å². The first-order chi connectivity index (χ1) is 7.66. The van der Waals surface area contributed by atoms with Gasteiger partial charge < -0.3 is 15.0 Å². The second kappa shape index (κ2) is 4.80. The molecule has 1 aromatic heterocycles. The zero-order valence-electron chi connectivity index (χ0n) is 10.2. The fourth-order valence-corrected chi connectivity index (χ4v) is 1.85. The molecule has 1 aliphatic rings. The van der Waals surface area contributed by atoms with Crippen LogP contribution in [-0.4, -0.2) is 38.8 Å². The van der Waals surface area contributed by atoms with Crippen molar-refractivity contribution in [2.24, 2.45) is 0 Å². The van der Waals surface area contributed by atoms with Crippen LogP contribution in [0.1, 0.15) is 17.5 Å². The van der Waals surface area contributed by atoms with E-state index in [4.69, 9.17) is 4.74 Å². The Balaban J connectivity index is 2.25. The van der Waals surface area contributed by atoms with Crippen molar-refractivity contribution in [2.45, 2.75) is 13.0 Å². The molecule has 0 spiro atoms. The highest BCUT2D eigenvalue weighted by atomic mass is 16.5. The first-order valence-corrected chi connectivity index (χ1v) is 5.65. The van der Waals surface area contributed by atoms with E-state index in [1.54, 1.807) is 0 Å². The summed E-state index contributed by atoms with van der Waals surface area (Å²) in [6.07, 6.45) is 0.0901. The Labute approximate surface area is 96.6 Å². The van der Waals surface area contributed by atoms with Gasteiger partial charge in [0.1, 0.15) is 6.10 Å². The number of rotatable bonds is 2. The molecule has 0 aliphatic carbocycles. The van der Waals surface area contributed by atoms with Crippen molar-refractivity contribution in [2.75, 3.05) is 38.7 Å². The number of anilines is 1. The van der Waals surface area contributed by atoms with Crippen molar-refractivity contribution in [1.82, 2.24) is 10.3 Å². The van der Waals surface area contributed by atoms with Crippen LogP contribution < -0.4 is 10.2 Å². The predicted octanol–water partition coefficient (Wildman–Crippen LogP) is 1.12. The molecule has 88 valence electrons. The fourth-order valence-electron chi connectivity index (χ4n) is 1.85. The highest BCUT2D eigenvalue weighted by Gasteiger charge is 2.18. The van der Waals surface area contributed by atoms with Gasteiger partial charge in [0.25, 0.3) is 0 Å². The van der Waals surface area contributed by atoms with E-state index in [-0.39, 0.29) is 6.10 Å². The zero-order valence-corrected chi connectivity index (χ0v) is 10.2. The topological polar surface area (TPSA) is 37.4 Å². The second-order valence-electron chi connectivity index (χ2n) is 4.35. The van der Waals surface area contributed by atoms with Crippen LogP contribution >= 0.6 is 0 Å². The Kier molecular flexibility index (Phi) is 3.41. The number of nitrogens with zero attached hydrogens (tertiary/aromatic N) is 2. The maximum absolute atomic E-state index is 5.71. The number of nitrogens with one attached hydrogen (secondary N) is 1. The van der Waals surface area contributed by atoms with Gasteiger partial charge in [-0.15, -0.1) is 0 Å². The highest BCUT2D eigenvalue weighted by Crippen LogP contribution is 2.22. The third kappa shape index (κ3) is 2.51. The number of aryl methyl sites for hydroxylation is 1. The molecule has 2 heterocycles. The van der Waals surface area contributed by atoms with Gasteiger partial charge in [-0.1, -0.05) is 0 Å². The van der Waals surface area contributed by atoms with Crippen molar-refractivity contribution < 1.29 is 4.74 Å². The summed E-state index contributed by atoms with van der Waals surface area (Å²) in [6.45, 7) is 4.57. The molecule has 0 amide bonds. The summed E-state index contributed by atoms with van der Waals surface area (Å²) in [5, 5.41) is 3.32. The summed E-state index contributed by atoms with van der Waals surface area (Å²) in [6, 6.07) is 4.18.